The number of aromatic nitrogens is 1. The van der Waals surface area contributed by atoms with Gasteiger partial charge in [-0.15, -0.1) is 0 Å². The molecule has 0 aliphatic carbocycles. The molecule has 0 spiro atoms. The van der Waals surface area contributed by atoms with E-state index in [1.807, 2.05) is 0 Å². The number of benzene rings is 2. The number of nitrogens with one attached hydrogen (secondary N) is 1. The average Bonchev–Trinajstić information content (AvgIpc) is 2.73. The smallest absolute Gasteiger partial charge is 0.0468 e. The van der Waals surface area contributed by atoms with Gasteiger partial charge in [0.2, 0.25) is 0 Å². The van der Waals surface area contributed by atoms with Crippen molar-refractivity contribution in [3.63, 3.8) is 0 Å². The Labute approximate surface area is 109 Å². The molecule has 3 aromatic rings. The lowest BCUT2D eigenvalue weighted by molar-refractivity contribution is 1.21. The molecule has 2 aromatic carbocycles. The van der Waals surface area contributed by atoms with E-state index in [0.717, 1.165) is 10.9 Å². The molecule has 17 heavy (non-hydrogen) atoms. The Balaban J connectivity index is 2.01. The maximum atomic E-state index is 3.49. The second-order valence-electron chi connectivity index (χ2n) is 4.17. The first-order valence-corrected chi connectivity index (χ1v) is 6.42. The zero-order chi connectivity index (χ0) is 11.7. The van der Waals surface area contributed by atoms with Gasteiger partial charge >= 0.3 is 0 Å². The van der Waals surface area contributed by atoms with Crippen LogP contribution < -0.4 is 0 Å². The lowest BCUT2D eigenvalue weighted by atomic mass is 10.0. The second kappa shape index (κ2) is 4.38. The van der Waals surface area contributed by atoms with Crippen molar-refractivity contribution in [3.05, 3.63) is 70.3 Å². The van der Waals surface area contributed by atoms with Crippen LogP contribution in [-0.2, 0) is 6.42 Å². The molecule has 0 radical (unpaired) electrons. The molecule has 0 saturated heterocycles. The van der Waals surface area contributed by atoms with Gasteiger partial charge in [-0.3, -0.25) is 0 Å². The van der Waals surface area contributed by atoms with Gasteiger partial charge in [-0.2, -0.15) is 0 Å². The zero-order valence-electron chi connectivity index (χ0n) is 9.28. The summed E-state index contributed by atoms with van der Waals surface area (Å²) in [4.78, 5) is 3.32. The highest BCUT2D eigenvalue weighted by molar-refractivity contribution is 9.10. The molecule has 1 aromatic heterocycles. The van der Waals surface area contributed by atoms with Crippen molar-refractivity contribution < 1.29 is 0 Å². The van der Waals surface area contributed by atoms with Crippen molar-refractivity contribution in [1.82, 2.24) is 4.98 Å². The summed E-state index contributed by atoms with van der Waals surface area (Å²) in [5, 5.41) is 1.30. The van der Waals surface area contributed by atoms with Gasteiger partial charge in [0.1, 0.15) is 0 Å². The quantitative estimate of drug-likeness (QED) is 0.713. The van der Waals surface area contributed by atoms with Gasteiger partial charge in [-0.1, -0.05) is 52.3 Å². The highest BCUT2D eigenvalue weighted by atomic mass is 79.9. The maximum Gasteiger partial charge on any atom is 0.0468 e. The van der Waals surface area contributed by atoms with Gasteiger partial charge in [-0.25, -0.2) is 0 Å². The van der Waals surface area contributed by atoms with Crippen LogP contribution in [0.5, 0.6) is 0 Å². The van der Waals surface area contributed by atoms with Crippen molar-refractivity contribution in [1.29, 1.82) is 0 Å². The van der Waals surface area contributed by atoms with E-state index in [-0.39, 0.29) is 0 Å². The number of H-pyrrole nitrogens is 1. The third-order valence-electron chi connectivity index (χ3n) is 2.97. The number of fused-ring (bicyclic) bond motifs is 1. The predicted molar refractivity (Wildman–Crippen MR) is 75.2 cm³/mol. The third-order valence-corrected chi connectivity index (χ3v) is 3.46. The van der Waals surface area contributed by atoms with Crippen LogP contribution in [-0.4, -0.2) is 4.98 Å². The SMILES string of the molecule is Brc1ccc2c(Cc3ccccc3)c[nH]c2c1. The second-order valence-corrected chi connectivity index (χ2v) is 5.08. The van der Waals surface area contributed by atoms with Gasteiger partial charge in [0.25, 0.3) is 0 Å². The van der Waals surface area contributed by atoms with E-state index in [2.05, 4.69) is 75.6 Å². The molecule has 0 unspecified atom stereocenters. The molecular formula is C15H12BrN. The monoisotopic (exact) mass is 285 g/mol. The number of rotatable bonds is 2. The summed E-state index contributed by atoms with van der Waals surface area (Å²) >= 11 is 3.49. The minimum Gasteiger partial charge on any atom is -0.361 e. The van der Waals surface area contributed by atoms with Gasteiger partial charge in [-0.05, 0) is 29.7 Å². The number of aromatic amines is 1. The molecule has 0 saturated carbocycles. The van der Waals surface area contributed by atoms with Gasteiger partial charge in [0.15, 0.2) is 0 Å². The first-order valence-electron chi connectivity index (χ1n) is 5.62. The number of hydrogen-bond donors (Lipinski definition) is 1. The van der Waals surface area contributed by atoms with Crippen LogP contribution in [0.4, 0.5) is 0 Å². The lowest BCUT2D eigenvalue weighted by Gasteiger charge is -2.00. The maximum absolute atomic E-state index is 3.49. The van der Waals surface area contributed by atoms with Crippen molar-refractivity contribution >= 4 is 26.8 Å². The van der Waals surface area contributed by atoms with E-state index in [0.29, 0.717) is 0 Å². The fourth-order valence-electron chi connectivity index (χ4n) is 2.12. The fraction of sp³-hybridized carbons (Fsp3) is 0.0667. The van der Waals surface area contributed by atoms with E-state index in [9.17, 15) is 0 Å². The van der Waals surface area contributed by atoms with Crippen LogP contribution in [0.3, 0.4) is 0 Å². The van der Waals surface area contributed by atoms with E-state index in [4.69, 9.17) is 0 Å². The summed E-state index contributed by atoms with van der Waals surface area (Å²) in [5.74, 6) is 0. The summed E-state index contributed by atoms with van der Waals surface area (Å²) in [6.07, 6.45) is 3.08. The molecule has 1 N–H and O–H groups in total. The lowest BCUT2D eigenvalue weighted by Crippen LogP contribution is -1.85. The molecule has 0 atom stereocenters. The molecule has 0 aliphatic heterocycles. The Hall–Kier alpha value is -1.54. The van der Waals surface area contributed by atoms with Crippen LogP contribution in [0.1, 0.15) is 11.1 Å². The molecule has 2 heteroatoms. The van der Waals surface area contributed by atoms with Crippen LogP contribution in [0.15, 0.2) is 59.2 Å². The molecule has 0 fully saturated rings. The number of hydrogen-bond acceptors (Lipinski definition) is 0. The molecule has 0 amide bonds. The van der Waals surface area contributed by atoms with Gasteiger partial charge < -0.3 is 4.98 Å². The summed E-state index contributed by atoms with van der Waals surface area (Å²) in [5.41, 5.74) is 3.88. The standard InChI is InChI=1S/C15H12BrN/c16-13-6-7-14-12(10-17-15(14)9-13)8-11-4-2-1-3-5-11/h1-7,9-10,17H,8H2. The Morgan fingerprint density at radius 3 is 2.65 bits per heavy atom. The minimum absolute atomic E-state index is 0.975. The fourth-order valence-corrected chi connectivity index (χ4v) is 2.48. The molecule has 84 valence electrons. The van der Waals surface area contributed by atoms with E-state index in [1.165, 1.54) is 22.0 Å². The van der Waals surface area contributed by atoms with Crippen LogP contribution in [0.25, 0.3) is 10.9 Å². The van der Waals surface area contributed by atoms with Crippen molar-refractivity contribution in [2.24, 2.45) is 0 Å². The topological polar surface area (TPSA) is 15.8 Å². The highest BCUT2D eigenvalue weighted by Crippen LogP contribution is 2.24. The first kappa shape index (κ1) is 10.6. The zero-order valence-corrected chi connectivity index (χ0v) is 10.9. The average molecular weight is 286 g/mol. The first-order chi connectivity index (χ1) is 8.33. The molecule has 1 nitrogen and oxygen atoms in total. The van der Waals surface area contributed by atoms with Crippen LogP contribution in [0.2, 0.25) is 0 Å². The van der Waals surface area contributed by atoms with Crippen LogP contribution in [0, 0.1) is 0 Å². The minimum atomic E-state index is 0.975. The molecule has 0 aliphatic rings. The predicted octanol–water partition coefficient (Wildman–Crippen LogP) is 4.52. The van der Waals surface area contributed by atoms with Gasteiger partial charge in [0.05, 0.1) is 0 Å². The normalized spacial score (nSPS) is 10.9. The van der Waals surface area contributed by atoms with Gasteiger partial charge in [0, 0.05) is 21.6 Å². The third kappa shape index (κ3) is 2.13. The molecule has 1 heterocycles. The number of halogens is 1. The molecule has 3 rings (SSSR count). The van der Waals surface area contributed by atoms with Crippen LogP contribution >= 0.6 is 15.9 Å². The summed E-state index contributed by atoms with van der Waals surface area (Å²) in [7, 11) is 0. The van der Waals surface area contributed by atoms with E-state index < -0.39 is 0 Å². The molecule has 0 bridgehead atoms. The summed E-state index contributed by atoms with van der Waals surface area (Å²) < 4.78 is 1.11. The van der Waals surface area contributed by atoms with Crippen molar-refractivity contribution in [2.45, 2.75) is 6.42 Å². The van der Waals surface area contributed by atoms with E-state index in [1.54, 1.807) is 0 Å². The molecular weight excluding hydrogens is 274 g/mol. The van der Waals surface area contributed by atoms with Crippen molar-refractivity contribution in [2.75, 3.05) is 0 Å². The summed E-state index contributed by atoms with van der Waals surface area (Å²) in [6.45, 7) is 0. The largest absolute Gasteiger partial charge is 0.361 e. The Morgan fingerprint density at radius 2 is 1.82 bits per heavy atom. The highest BCUT2D eigenvalue weighted by Gasteiger charge is 2.04. The van der Waals surface area contributed by atoms with E-state index >= 15 is 0 Å². The van der Waals surface area contributed by atoms with Crippen molar-refractivity contribution in [3.8, 4) is 0 Å². The summed E-state index contributed by atoms with van der Waals surface area (Å²) in [6, 6.07) is 16.9. The Kier molecular flexibility index (Phi) is 2.73. The Morgan fingerprint density at radius 1 is 1.00 bits per heavy atom. The Bertz CT molecular complexity index is 640.